The monoisotopic (exact) mass is 358 g/mol. The number of hydrogen-bond acceptors (Lipinski definition) is 7. The molecule has 26 heavy (non-hydrogen) atoms. The molecule has 0 bridgehead atoms. The molecular weight excluding hydrogens is 344 g/mol. The molecule has 0 amide bonds. The Morgan fingerprint density at radius 3 is 1.58 bits per heavy atom. The van der Waals surface area contributed by atoms with Gasteiger partial charge in [-0.15, -0.1) is 0 Å². The van der Waals surface area contributed by atoms with Crippen molar-refractivity contribution in [3.8, 4) is 0 Å². The summed E-state index contributed by atoms with van der Waals surface area (Å²) in [4.78, 5) is 47.0. The Hall–Kier alpha value is -3.52. The van der Waals surface area contributed by atoms with Crippen molar-refractivity contribution in [2.24, 2.45) is 0 Å². The minimum absolute atomic E-state index is 0.0160. The van der Waals surface area contributed by atoms with Gasteiger partial charge in [0.1, 0.15) is 0 Å². The zero-order chi connectivity index (χ0) is 19.1. The molecule has 8 nitrogen and oxygen atoms in total. The number of aliphatic carboxylic acids is 1. The molecule has 0 fully saturated rings. The molecule has 2 rings (SSSR count). The Kier molecular flexibility index (Phi) is 6.18. The first-order valence-electron chi connectivity index (χ1n) is 7.37. The summed E-state index contributed by atoms with van der Waals surface area (Å²) >= 11 is 0. The average Bonchev–Trinajstić information content (AvgIpc) is 2.66. The van der Waals surface area contributed by atoms with Crippen molar-refractivity contribution in [1.82, 2.24) is 0 Å². The Morgan fingerprint density at radius 1 is 0.731 bits per heavy atom. The maximum Gasteiger partial charge on any atom is 0.353 e. The zero-order valence-electron chi connectivity index (χ0n) is 13.3. The van der Waals surface area contributed by atoms with E-state index in [4.69, 9.17) is 5.11 Å². The number of carbonyl (C=O) groups excluding carboxylic acids is 3. The first-order chi connectivity index (χ1) is 12.4. The Balaban J connectivity index is 2.06. The first-order valence-corrected chi connectivity index (χ1v) is 7.37. The number of rotatable bonds is 7. The summed E-state index contributed by atoms with van der Waals surface area (Å²) in [5.41, 5.74) is 0.0647. The number of ketones is 1. The maximum absolute atomic E-state index is 12.0. The SMILES string of the molecule is O=C(OC(O)C(=O)C(OC(=O)c1ccccc1)C(=O)O)c1ccccc1. The summed E-state index contributed by atoms with van der Waals surface area (Å²) in [6.45, 7) is 0. The average molecular weight is 358 g/mol. The van der Waals surface area contributed by atoms with E-state index < -0.39 is 36.1 Å². The third-order valence-corrected chi connectivity index (χ3v) is 3.19. The minimum atomic E-state index is -2.41. The molecule has 2 N–H and O–H groups in total. The molecule has 0 heterocycles. The van der Waals surface area contributed by atoms with Gasteiger partial charge in [0.2, 0.25) is 0 Å². The van der Waals surface area contributed by atoms with Crippen LogP contribution in [0.4, 0.5) is 0 Å². The van der Waals surface area contributed by atoms with Crippen molar-refractivity contribution >= 4 is 23.7 Å². The summed E-state index contributed by atoms with van der Waals surface area (Å²) in [6, 6.07) is 14.8. The highest BCUT2D eigenvalue weighted by molar-refractivity contribution is 6.06. The Morgan fingerprint density at radius 2 is 1.15 bits per heavy atom. The van der Waals surface area contributed by atoms with E-state index in [0.29, 0.717) is 0 Å². The molecule has 0 radical (unpaired) electrons. The number of carboxylic acid groups (broad SMARTS) is 1. The van der Waals surface area contributed by atoms with Crippen molar-refractivity contribution in [2.45, 2.75) is 12.4 Å². The highest BCUT2D eigenvalue weighted by Crippen LogP contribution is 2.09. The van der Waals surface area contributed by atoms with Gasteiger partial charge in [0.15, 0.2) is 0 Å². The fraction of sp³-hybridized carbons (Fsp3) is 0.111. The van der Waals surface area contributed by atoms with Crippen LogP contribution in [-0.2, 0) is 19.1 Å². The molecule has 2 unspecified atom stereocenters. The Bertz CT molecular complexity index is 800. The smallest absolute Gasteiger partial charge is 0.353 e. The van der Waals surface area contributed by atoms with Gasteiger partial charge in [0.05, 0.1) is 11.1 Å². The van der Waals surface area contributed by atoms with Gasteiger partial charge in [-0.25, -0.2) is 14.4 Å². The molecule has 2 atom stereocenters. The predicted octanol–water partition coefficient (Wildman–Crippen LogP) is 1.04. The molecule has 0 aliphatic rings. The van der Waals surface area contributed by atoms with Crippen LogP contribution in [0.5, 0.6) is 0 Å². The number of Topliss-reactive ketones (excluding diaryl/α,β-unsaturated/α-hetero) is 1. The van der Waals surface area contributed by atoms with Crippen molar-refractivity contribution in [2.75, 3.05) is 0 Å². The number of benzene rings is 2. The molecular formula is C18H14O8. The summed E-state index contributed by atoms with van der Waals surface area (Å²) in [5, 5.41) is 18.8. The third-order valence-electron chi connectivity index (χ3n) is 3.19. The van der Waals surface area contributed by atoms with E-state index in [0.717, 1.165) is 0 Å². The van der Waals surface area contributed by atoms with E-state index in [1.807, 2.05) is 0 Å². The van der Waals surface area contributed by atoms with E-state index >= 15 is 0 Å². The fourth-order valence-corrected chi connectivity index (χ4v) is 1.91. The van der Waals surface area contributed by atoms with Crippen LogP contribution in [0.2, 0.25) is 0 Å². The molecule has 0 aromatic heterocycles. The van der Waals surface area contributed by atoms with Crippen LogP contribution in [-0.4, -0.2) is 46.3 Å². The lowest BCUT2D eigenvalue weighted by Gasteiger charge is -2.16. The quantitative estimate of drug-likeness (QED) is 0.427. The standard InChI is InChI=1S/C18H14O8/c19-13(18(24)26-17(23)12-9-5-2-6-10-12)14(15(20)21)25-16(22)11-7-3-1-4-8-11/h1-10,14,18,24H,(H,20,21). The van der Waals surface area contributed by atoms with Crippen LogP contribution in [0, 0.1) is 0 Å². The second-order valence-corrected chi connectivity index (χ2v) is 5.02. The van der Waals surface area contributed by atoms with Gasteiger partial charge in [-0.3, -0.25) is 4.79 Å². The summed E-state index contributed by atoms with van der Waals surface area (Å²) in [6.07, 6.45) is -4.74. The van der Waals surface area contributed by atoms with Crippen LogP contribution in [0.15, 0.2) is 60.7 Å². The second kappa shape index (κ2) is 8.54. The van der Waals surface area contributed by atoms with Crippen LogP contribution < -0.4 is 0 Å². The molecule has 0 spiro atoms. The van der Waals surface area contributed by atoms with Gasteiger partial charge in [-0.1, -0.05) is 36.4 Å². The highest BCUT2D eigenvalue weighted by Gasteiger charge is 2.37. The van der Waals surface area contributed by atoms with Crippen molar-refractivity contribution in [1.29, 1.82) is 0 Å². The van der Waals surface area contributed by atoms with Crippen molar-refractivity contribution < 1.29 is 38.9 Å². The largest absolute Gasteiger partial charge is 0.478 e. The van der Waals surface area contributed by atoms with Gasteiger partial charge < -0.3 is 19.7 Å². The molecule has 0 aliphatic carbocycles. The fourth-order valence-electron chi connectivity index (χ4n) is 1.91. The molecule has 0 aliphatic heterocycles. The van der Waals surface area contributed by atoms with Crippen molar-refractivity contribution in [3.05, 3.63) is 71.8 Å². The number of hydrogen-bond donors (Lipinski definition) is 2. The Labute approximate surface area is 147 Å². The number of carbonyl (C=O) groups is 4. The number of carboxylic acids is 1. The van der Waals surface area contributed by atoms with Gasteiger partial charge in [-0.05, 0) is 24.3 Å². The first kappa shape index (κ1) is 18.8. The van der Waals surface area contributed by atoms with E-state index in [1.54, 1.807) is 12.1 Å². The lowest BCUT2D eigenvalue weighted by Crippen LogP contribution is -2.43. The molecule has 8 heteroatoms. The predicted molar refractivity (Wildman–Crippen MR) is 86.2 cm³/mol. The summed E-state index contributed by atoms with van der Waals surface area (Å²) < 4.78 is 9.16. The number of ether oxygens (including phenoxy) is 2. The normalized spacial score (nSPS) is 12.5. The van der Waals surface area contributed by atoms with Gasteiger partial charge >= 0.3 is 17.9 Å². The van der Waals surface area contributed by atoms with Crippen LogP contribution in [0.25, 0.3) is 0 Å². The van der Waals surface area contributed by atoms with E-state index in [2.05, 4.69) is 9.47 Å². The maximum atomic E-state index is 12.0. The molecule has 134 valence electrons. The number of aliphatic hydroxyl groups excluding tert-OH is 1. The summed E-state index contributed by atoms with van der Waals surface area (Å²) in [5.74, 6) is -5.42. The molecule has 0 saturated carbocycles. The van der Waals surface area contributed by atoms with Gasteiger partial charge in [-0.2, -0.15) is 0 Å². The molecule has 2 aromatic rings. The van der Waals surface area contributed by atoms with E-state index in [9.17, 15) is 24.3 Å². The third kappa shape index (κ3) is 4.74. The molecule has 2 aromatic carbocycles. The number of esters is 2. The zero-order valence-corrected chi connectivity index (χ0v) is 13.3. The lowest BCUT2D eigenvalue weighted by atomic mass is 10.2. The van der Waals surface area contributed by atoms with Crippen LogP contribution in [0.1, 0.15) is 20.7 Å². The summed E-state index contributed by atoms with van der Waals surface area (Å²) in [7, 11) is 0. The molecule has 0 saturated heterocycles. The van der Waals surface area contributed by atoms with Gasteiger partial charge in [0.25, 0.3) is 18.2 Å². The highest BCUT2D eigenvalue weighted by atomic mass is 16.6. The topological polar surface area (TPSA) is 127 Å². The van der Waals surface area contributed by atoms with E-state index in [-0.39, 0.29) is 11.1 Å². The van der Waals surface area contributed by atoms with Gasteiger partial charge in [0, 0.05) is 0 Å². The number of aliphatic hydroxyl groups is 1. The minimum Gasteiger partial charge on any atom is -0.478 e. The lowest BCUT2D eigenvalue weighted by molar-refractivity contribution is -0.166. The second-order valence-electron chi connectivity index (χ2n) is 5.02. The van der Waals surface area contributed by atoms with Crippen molar-refractivity contribution in [3.63, 3.8) is 0 Å². The van der Waals surface area contributed by atoms with Crippen LogP contribution >= 0.6 is 0 Å². The van der Waals surface area contributed by atoms with E-state index in [1.165, 1.54) is 48.5 Å². The van der Waals surface area contributed by atoms with Crippen LogP contribution in [0.3, 0.4) is 0 Å².